The van der Waals surface area contributed by atoms with E-state index in [1.807, 2.05) is 24.3 Å². The van der Waals surface area contributed by atoms with Gasteiger partial charge in [-0.3, -0.25) is 0 Å². The molecule has 0 amide bonds. The van der Waals surface area contributed by atoms with Crippen LogP contribution in [0.15, 0.2) is 28.8 Å². The maximum atomic E-state index is 5.47. The summed E-state index contributed by atoms with van der Waals surface area (Å²) in [7, 11) is 0. The maximum absolute atomic E-state index is 5.47. The highest BCUT2D eigenvalue weighted by Gasteiger charge is 2.04. The van der Waals surface area contributed by atoms with E-state index in [1.54, 1.807) is 6.92 Å². The molecule has 98 valence electrons. The first-order valence-corrected chi connectivity index (χ1v) is 5.93. The van der Waals surface area contributed by atoms with Gasteiger partial charge in [0.2, 0.25) is 5.89 Å². The van der Waals surface area contributed by atoms with E-state index in [1.165, 1.54) is 0 Å². The molecular weight excluding hydrogens is 242 g/mol. The van der Waals surface area contributed by atoms with Gasteiger partial charge in [0.1, 0.15) is 12.4 Å². The molecule has 0 aliphatic carbocycles. The number of hydrogen-bond donors (Lipinski definition) is 1. The highest BCUT2D eigenvalue weighted by Crippen LogP contribution is 2.17. The largest absolute Gasteiger partial charge is 0.481 e. The Morgan fingerprint density at radius 1 is 1.37 bits per heavy atom. The smallest absolute Gasteiger partial charge is 0.223 e. The van der Waals surface area contributed by atoms with Gasteiger partial charge in [-0.1, -0.05) is 29.3 Å². The SMILES string of the molecule is C#CCOc1ccccc1CNCc1noc(C)n1. The van der Waals surface area contributed by atoms with Crippen LogP contribution in [0.2, 0.25) is 0 Å². The topological polar surface area (TPSA) is 60.2 Å². The van der Waals surface area contributed by atoms with Crippen molar-refractivity contribution in [2.75, 3.05) is 6.61 Å². The highest BCUT2D eigenvalue weighted by molar-refractivity contribution is 5.33. The van der Waals surface area contributed by atoms with Crippen molar-refractivity contribution in [2.45, 2.75) is 20.0 Å². The molecule has 0 saturated carbocycles. The second kappa shape index (κ2) is 6.57. The Hall–Kier alpha value is -2.32. The van der Waals surface area contributed by atoms with Crippen molar-refractivity contribution < 1.29 is 9.26 Å². The van der Waals surface area contributed by atoms with Crippen LogP contribution in [0.5, 0.6) is 5.75 Å². The molecule has 2 aromatic rings. The minimum absolute atomic E-state index is 0.265. The molecule has 0 atom stereocenters. The van der Waals surface area contributed by atoms with E-state index < -0.39 is 0 Å². The van der Waals surface area contributed by atoms with Gasteiger partial charge in [-0.25, -0.2) is 0 Å². The van der Waals surface area contributed by atoms with Crippen LogP contribution >= 0.6 is 0 Å². The van der Waals surface area contributed by atoms with E-state index in [0.717, 1.165) is 11.3 Å². The van der Waals surface area contributed by atoms with Crippen molar-refractivity contribution in [1.29, 1.82) is 0 Å². The molecule has 1 aromatic heterocycles. The summed E-state index contributed by atoms with van der Waals surface area (Å²) in [5.41, 5.74) is 1.04. The zero-order valence-corrected chi connectivity index (χ0v) is 10.7. The van der Waals surface area contributed by atoms with Gasteiger partial charge in [-0.15, -0.1) is 6.42 Å². The van der Waals surface area contributed by atoms with Crippen LogP contribution in [0.3, 0.4) is 0 Å². The van der Waals surface area contributed by atoms with Gasteiger partial charge in [-0.05, 0) is 6.07 Å². The average Bonchev–Trinajstić information content (AvgIpc) is 2.83. The Labute approximate surface area is 112 Å². The molecule has 0 spiro atoms. The lowest BCUT2D eigenvalue weighted by atomic mass is 10.2. The third-order valence-electron chi connectivity index (χ3n) is 2.45. The number of hydrogen-bond acceptors (Lipinski definition) is 5. The lowest BCUT2D eigenvalue weighted by Gasteiger charge is -2.09. The van der Waals surface area contributed by atoms with Crippen LogP contribution in [0.25, 0.3) is 0 Å². The number of ether oxygens (including phenoxy) is 1. The Balaban J connectivity index is 1.90. The van der Waals surface area contributed by atoms with E-state index in [0.29, 0.717) is 24.8 Å². The first-order valence-electron chi connectivity index (χ1n) is 5.93. The lowest BCUT2D eigenvalue weighted by molar-refractivity contribution is 0.364. The average molecular weight is 257 g/mol. The van der Waals surface area contributed by atoms with Crippen molar-refractivity contribution >= 4 is 0 Å². The van der Waals surface area contributed by atoms with Crippen molar-refractivity contribution in [2.24, 2.45) is 0 Å². The quantitative estimate of drug-likeness (QED) is 0.798. The maximum Gasteiger partial charge on any atom is 0.223 e. The van der Waals surface area contributed by atoms with Crippen LogP contribution in [-0.4, -0.2) is 16.7 Å². The Kier molecular flexibility index (Phi) is 4.54. The fraction of sp³-hybridized carbons (Fsp3) is 0.286. The first kappa shape index (κ1) is 13.1. The number of benzene rings is 1. The summed E-state index contributed by atoms with van der Waals surface area (Å²) in [6.07, 6.45) is 5.19. The van der Waals surface area contributed by atoms with Gasteiger partial charge in [0.05, 0.1) is 6.54 Å². The van der Waals surface area contributed by atoms with E-state index in [2.05, 4.69) is 21.4 Å². The fourth-order valence-corrected chi connectivity index (χ4v) is 1.63. The summed E-state index contributed by atoms with van der Waals surface area (Å²) in [5.74, 6) is 4.45. The molecule has 1 N–H and O–H groups in total. The molecule has 0 unspecified atom stereocenters. The zero-order chi connectivity index (χ0) is 13.5. The van der Waals surface area contributed by atoms with Gasteiger partial charge in [-0.2, -0.15) is 4.98 Å². The van der Waals surface area contributed by atoms with Crippen LogP contribution in [0.4, 0.5) is 0 Å². The predicted octanol–water partition coefficient (Wildman–Crippen LogP) is 1.68. The van der Waals surface area contributed by atoms with Crippen LogP contribution in [0, 0.1) is 19.3 Å². The normalized spacial score (nSPS) is 10.1. The zero-order valence-electron chi connectivity index (χ0n) is 10.7. The minimum atomic E-state index is 0.265. The summed E-state index contributed by atoms with van der Waals surface area (Å²) in [5, 5.41) is 7.04. The molecule has 0 bridgehead atoms. The summed E-state index contributed by atoms with van der Waals surface area (Å²) >= 11 is 0. The number of para-hydroxylation sites is 1. The van der Waals surface area contributed by atoms with E-state index in [-0.39, 0.29) is 6.61 Å². The number of terminal acetylenes is 1. The number of nitrogens with one attached hydrogen (secondary N) is 1. The van der Waals surface area contributed by atoms with Gasteiger partial charge in [0.25, 0.3) is 0 Å². The monoisotopic (exact) mass is 257 g/mol. The Morgan fingerprint density at radius 2 is 2.21 bits per heavy atom. The second-order valence-electron chi connectivity index (χ2n) is 3.93. The molecule has 5 heteroatoms. The molecule has 0 aliphatic rings. The van der Waals surface area contributed by atoms with Crippen LogP contribution < -0.4 is 10.1 Å². The molecule has 1 aromatic carbocycles. The van der Waals surface area contributed by atoms with Gasteiger partial charge in [0, 0.05) is 19.0 Å². The first-order chi connectivity index (χ1) is 9.29. The molecule has 19 heavy (non-hydrogen) atoms. The molecular formula is C14H15N3O2. The van der Waals surface area contributed by atoms with Gasteiger partial charge < -0.3 is 14.6 Å². The standard InChI is InChI=1S/C14H15N3O2/c1-3-8-18-13-7-5-4-6-12(13)9-15-10-14-16-11(2)19-17-14/h1,4-7,15H,8-10H2,2H3. The number of nitrogens with zero attached hydrogens (tertiary/aromatic N) is 2. The third kappa shape index (κ3) is 3.83. The molecule has 0 saturated heterocycles. The van der Waals surface area contributed by atoms with Crippen molar-refractivity contribution in [3.63, 3.8) is 0 Å². The second-order valence-corrected chi connectivity index (χ2v) is 3.93. The molecule has 0 radical (unpaired) electrons. The van der Waals surface area contributed by atoms with E-state index in [4.69, 9.17) is 15.7 Å². The van der Waals surface area contributed by atoms with E-state index >= 15 is 0 Å². The number of aromatic nitrogens is 2. The molecule has 5 nitrogen and oxygen atoms in total. The molecule has 1 heterocycles. The summed E-state index contributed by atoms with van der Waals surface area (Å²) in [6.45, 7) is 3.22. The van der Waals surface area contributed by atoms with Crippen molar-refractivity contribution in [3.05, 3.63) is 41.5 Å². The highest BCUT2D eigenvalue weighted by atomic mass is 16.5. The summed E-state index contributed by atoms with van der Waals surface area (Å²) < 4.78 is 10.4. The number of aryl methyl sites for hydroxylation is 1. The van der Waals surface area contributed by atoms with Crippen molar-refractivity contribution in [1.82, 2.24) is 15.5 Å². The van der Waals surface area contributed by atoms with Gasteiger partial charge >= 0.3 is 0 Å². The fourth-order valence-electron chi connectivity index (χ4n) is 1.63. The third-order valence-corrected chi connectivity index (χ3v) is 2.45. The van der Waals surface area contributed by atoms with Gasteiger partial charge in [0.15, 0.2) is 5.82 Å². The molecule has 2 rings (SSSR count). The number of rotatable bonds is 6. The van der Waals surface area contributed by atoms with Crippen LogP contribution in [0.1, 0.15) is 17.3 Å². The Morgan fingerprint density at radius 3 is 2.95 bits per heavy atom. The summed E-state index contributed by atoms with van der Waals surface area (Å²) in [4.78, 5) is 4.12. The lowest BCUT2D eigenvalue weighted by Crippen LogP contribution is -2.14. The Bertz CT molecular complexity index is 572. The van der Waals surface area contributed by atoms with Crippen molar-refractivity contribution in [3.8, 4) is 18.1 Å². The van der Waals surface area contributed by atoms with E-state index in [9.17, 15) is 0 Å². The van der Waals surface area contributed by atoms with Crippen LogP contribution in [-0.2, 0) is 13.1 Å². The molecule has 0 fully saturated rings. The minimum Gasteiger partial charge on any atom is -0.481 e. The predicted molar refractivity (Wildman–Crippen MR) is 70.3 cm³/mol. The summed E-state index contributed by atoms with van der Waals surface area (Å²) in [6, 6.07) is 7.75. The molecule has 0 aliphatic heterocycles.